The van der Waals surface area contributed by atoms with Crippen molar-refractivity contribution in [2.24, 2.45) is 0 Å². The molecule has 0 saturated carbocycles. The van der Waals surface area contributed by atoms with Gasteiger partial charge in [0, 0.05) is 59.9 Å². The molecule has 0 radical (unpaired) electrons. The zero-order valence-corrected chi connectivity index (χ0v) is 30.1. The van der Waals surface area contributed by atoms with Crippen LogP contribution >= 0.6 is 0 Å². The second-order valence-corrected chi connectivity index (χ2v) is 14.1. The number of piperazine rings is 1. The maximum absolute atomic E-state index is 11.8. The number of hydrogen-bond acceptors (Lipinski definition) is 10. The van der Waals surface area contributed by atoms with Crippen molar-refractivity contribution in [2.45, 2.75) is 77.0 Å². The maximum atomic E-state index is 11.8. The lowest BCUT2D eigenvalue weighted by atomic mass is 10.1. The first-order valence-corrected chi connectivity index (χ1v) is 19.2. The number of furan rings is 2. The van der Waals surface area contributed by atoms with Crippen molar-refractivity contribution in [3.63, 3.8) is 0 Å². The van der Waals surface area contributed by atoms with Gasteiger partial charge in [0.05, 0.1) is 25.7 Å². The van der Waals surface area contributed by atoms with Gasteiger partial charge in [0.1, 0.15) is 0 Å². The summed E-state index contributed by atoms with van der Waals surface area (Å²) in [5.74, 6) is 1.05. The minimum atomic E-state index is -0.390. The predicted octanol–water partition coefficient (Wildman–Crippen LogP) is 9.15. The molecule has 2 aromatic carbocycles. The van der Waals surface area contributed by atoms with Gasteiger partial charge in [0.2, 0.25) is 11.5 Å². The smallest absolute Gasteiger partial charge is 0.336 e. The molecule has 0 unspecified atom stereocenters. The van der Waals surface area contributed by atoms with E-state index in [0.29, 0.717) is 47.0 Å². The first kappa shape index (κ1) is 35.8. The number of fused-ring (bicyclic) bond motifs is 4. The summed E-state index contributed by atoms with van der Waals surface area (Å²) in [6.45, 7) is 8.26. The van der Waals surface area contributed by atoms with Crippen molar-refractivity contribution in [3.05, 3.63) is 81.9 Å². The molecule has 0 spiro atoms. The van der Waals surface area contributed by atoms with Gasteiger partial charge >= 0.3 is 11.3 Å². The molecule has 0 N–H and O–H groups in total. The molecule has 1 aliphatic rings. The third-order valence-electron chi connectivity index (χ3n) is 10.3. The molecular weight excluding hydrogens is 660 g/mol. The monoisotopic (exact) mass is 710 g/mol. The van der Waals surface area contributed by atoms with E-state index in [1.165, 1.54) is 103 Å². The zero-order chi connectivity index (χ0) is 35.5. The molecule has 0 aliphatic carbocycles. The number of nitrogens with zero attached hydrogens (tertiary/aromatic N) is 2. The molecule has 0 bridgehead atoms. The molecule has 276 valence electrons. The van der Waals surface area contributed by atoms with Gasteiger partial charge in [-0.3, -0.25) is 0 Å². The molecule has 5 heterocycles. The van der Waals surface area contributed by atoms with E-state index in [0.717, 1.165) is 47.2 Å². The van der Waals surface area contributed by atoms with Crippen molar-refractivity contribution in [3.8, 4) is 11.5 Å². The average molecular weight is 711 g/mol. The summed E-state index contributed by atoms with van der Waals surface area (Å²) in [5, 5.41) is 3.55. The summed E-state index contributed by atoms with van der Waals surface area (Å²) in [4.78, 5) is 28.9. The van der Waals surface area contributed by atoms with Crippen molar-refractivity contribution in [2.75, 3.05) is 52.5 Å². The third-order valence-corrected chi connectivity index (χ3v) is 10.3. The van der Waals surface area contributed by atoms with Crippen LogP contribution in [0.5, 0.6) is 11.5 Å². The number of rotatable bonds is 20. The highest BCUT2D eigenvalue weighted by Crippen LogP contribution is 2.36. The van der Waals surface area contributed by atoms with E-state index in [-0.39, 0.29) is 0 Å². The summed E-state index contributed by atoms with van der Waals surface area (Å²) >= 11 is 0. The Morgan fingerprint density at radius 2 is 0.846 bits per heavy atom. The van der Waals surface area contributed by atoms with Crippen LogP contribution in [0, 0.1) is 0 Å². The Bertz CT molecular complexity index is 2000. The first-order chi connectivity index (χ1) is 25.6. The summed E-state index contributed by atoms with van der Waals surface area (Å²) in [5.41, 5.74) is 1.39. The molecule has 7 rings (SSSR count). The van der Waals surface area contributed by atoms with Crippen molar-refractivity contribution < 1.29 is 27.1 Å². The average Bonchev–Trinajstić information content (AvgIpc) is 3.83. The fourth-order valence-electron chi connectivity index (χ4n) is 7.35. The largest absolute Gasteiger partial charge is 0.486 e. The Hall–Kier alpha value is -4.54. The highest BCUT2D eigenvalue weighted by molar-refractivity contribution is 6.00. The summed E-state index contributed by atoms with van der Waals surface area (Å²) in [6, 6.07) is 14.1. The Morgan fingerprint density at radius 3 is 1.29 bits per heavy atom. The second-order valence-electron chi connectivity index (χ2n) is 14.1. The van der Waals surface area contributed by atoms with Crippen LogP contribution < -0.4 is 20.7 Å². The molecule has 0 atom stereocenters. The highest BCUT2D eigenvalue weighted by atomic mass is 16.5. The zero-order valence-electron chi connectivity index (χ0n) is 30.1. The van der Waals surface area contributed by atoms with Gasteiger partial charge in [0.15, 0.2) is 22.3 Å². The van der Waals surface area contributed by atoms with Crippen LogP contribution in [0.4, 0.5) is 0 Å². The highest BCUT2D eigenvalue weighted by Gasteiger charge is 2.17. The van der Waals surface area contributed by atoms with Gasteiger partial charge < -0.3 is 36.9 Å². The van der Waals surface area contributed by atoms with Crippen LogP contribution in [0.15, 0.2) is 88.3 Å². The lowest BCUT2D eigenvalue weighted by Crippen LogP contribution is -2.46. The molecule has 10 nitrogen and oxygen atoms in total. The van der Waals surface area contributed by atoms with Crippen LogP contribution in [0.1, 0.15) is 77.0 Å². The molecule has 1 saturated heterocycles. The van der Waals surface area contributed by atoms with Crippen molar-refractivity contribution >= 4 is 43.9 Å². The van der Waals surface area contributed by atoms with Crippen LogP contribution in [0.25, 0.3) is 43.9 Å². The second kappa shape index (κ2) is 17.8. The summed E-state index contributed by atoms with van der Waals surface area (Å²) < 4.78 is 34.4. The van der Waals surface area contributed by atoms with Crippen LogP contribution in [0.3, 0.4) is 0 Å². The van der Waals surface area contributed by atoms with E-state index in [9.17, 15) is 9.59 Å². The van der Waals surface area contributed by atoms with E-state index < -0.39 is 11.3 Å². The Balaban J connectivity index is 0.685. The van der Waals surface area contributed by atoms with Crippen molar-refractivity contribution in [1.29, 1.82) is 0 Å². The Morgan fingerprint density at radius 1 is 0.462 bits per heavy atom. The van der Waals surface area contributed by atoms with Crippen molar-refractivity contribution in [1.82, 2.24) is 9.80 Å². The van der Waals surface area contributed by atoms with Crippen LogP contribution in [-0.2, 0) is 0 Å². The Kier molecular flexibility index (Phi) is 12.3. The van der Waals surface area contributed by atoms with E-state index in [1.54, 1.807) is 24.7 Å². The van der Waals surface area contributed by atoms with Gasteiger partial charge in [-0.25, -0.2) is 9.59 Å². The number of benzene rings is 2. The van der Waals surface area contributed by atoms with Gasteiger partial charge in [-0.1, -0.05) is 51.4 Å². The van der Waals surface area contributed by atoms with Gasteiger partial charge in [-0.15, -0.1) is 0 Å². The molecule has 1 fully saturated rings. The normalized spacial score (nSPS) is 14.3. The SMILES string of the molecule is O=c1ccc2cc3ccoc3c(OCCCCCCCCN3CCN(CCCCCCCCOc4c5occc5cc5ccc(=O)oc45)CC3)c2o1. The number of hydrogen-bond donors (Lipinski definition) is 0. The molecule has 6 aromatic rings. The van der Waals surface area contributed by atoms with Gasteiger partial charge in [0.25, 0.3) is 0 Å². The minimum Gasteiger partial charge on any atom is -0.486 e. The summed E-state index contributed by atoms with van der Waals surface area (Å²) in [7, 11) is 0. The summed E-state index contributed by atoms with van der Waals surface area (Å²) in [6.07, 6.45) is 17.4. The molecule has 4 aromatic heterocycles. The quantitative estimate of drug-likeness (QED) is 0.0562. The first-order valence-electron chi connectivity index (χ1n) is 19.2. The van der Waals surface area contributed by atoms with Crippen LogP contribution in [-0.4, -0.2) is 62.3 Å². The third kappa shape index (κ3) is 9.08. The van der Waals surface area contributed by atoms with Crippen LogP contribution in [0.2, 0.25) is 0 Å². The molecule has 10 heteroatoms. The van der Waals surface area contributed by atoms with E-state index in [4.69, 9.17) is 27.1 Å². The van der Waals surface area contributed by atoms with E-state index in [2.05, 4.69) is 9.80 Å². The van der Waals surface area contributed by atoms with Gasteiger partial charge in [-0.2, -0.15) is 0 Å². The predicted molar refractivity (Wildman–Crippen MR) is 204 cm³/mol. The number of unbranched alkanes of at least 4 members (excludes halogenated alkanes) is 10. The molecule has 52 heavy (non-hydrogen) atoms. The molecular formula is C42H50N2O8. The fraction of sp³-hybridized carbons (Fsp3) is 0.476. The van der Waals surface area contributed by atoms with E-state index in [1.807, 2.05) is 24.3 Å². The lowest BCUT2D eigenvalue weighted by molar-refractivity contribution is 0.129. The van der Waals surface area contributed by atoms with Gasteiger partial charge in [-0.05, 0) is 75.2 Å². The molecule has 0 amide bonds. The lowest BCUT2D eigenvalue weighted by Gasteiger charge is -2.34. The fourth-order valence-corrected chi connectivity index (χ4v) is 7.35. The standard InChI is InChI=1S/C42H50N2O8/c45-35-15-13-31-29-33-17-27-49-37(33)41(39(31)51-35)47-25-11-7-3-1-5-9-19-43-21-23-44(24-22-43)20-10-6-2-4-8-12-26-48-42-38-34(18-28-50-38)30-32-14-16-36(46)52-40(32)42/h13-18,27-30H,1-12,19-26H2. The minimum absolute atomic E-state index is 0.390. The Labute approximate surface area is 303 Å². The topological polar surface area (TPSA) is 112 Å². The van der Waals surface area contributed by atoms with E-state index >= 15 is 0 Å². The molecule has 1 aliphatic heterocycles. The maximum Gasteiger partial charge on any atom is 0.336 e. The number of ether oxygens (including phenoxy) is 2.